The quantitative estimate of drug-likeness (QED) is 0.0989. The molecule has 31 heteroatoms. The number of aliphatic imine (C=N–C) groups is 7. The molecule has 3 aliphatic heterocycles. The molecule has 406 valence electrons. The Balaban J connectivity index is -0.000000164. The van der Waals surface area contributed by atoms with Crippen molar-refractivity contribution in [1.82, 2.24) is 30.7 Å². The van der Waals surface area contributed by atoms with Gasteiger partial charge in [0, 0.05) is 86.6 Å². The van der Waals surface area contributed by atoms with Crippen molar-refractivity contribution >= 4 is 65.3 Å². The summed E-state index contributed by atoms with van der Waals surface area (Å²) in [5, 5.41) is 28.2. The van der Waals surface area contributed by atoms with Crippen molar-refractivity contribution < 1.29 is 4.74 Å². The van der Waals surface area contributed by atoms with E-state index in [9.17, 15) is 0 Å². The van der Waals surface area contributed by atoms with Crippen molar-refractivity contribution in [3.05, 3.63) is 30.3 Å². The molecule has 1 aromatic rings. The van der Waals surface area contributed by atoms with Crippen LogP contribution >= 0.6 is 0 Å². The number of likely N-dealkylation sites (N-methyl/N-ethyl adjacent to an activating group) is 1. The van der Waals surface area contributed by atoms with E-state index in [2.05, 4.69) is 62.4 Å². The summed E-state index contributed by atoms with van der Waals surface area (Å²) in [4.78, 5) is 31.6. The van der Waals surface area contributed by atoms with Gasteiger partial charge in [-0.1, -0.05) is 18.2 Å². The number of para-hydroxylation sites is 1. The van der Waals surface area contributed by atoms with Crippen molar-refractivity contribution in [1.29, 1.82) is 16.2 Å². The highest BCUT2D eigenvalue weighted by Crippen LogP contribution is 2.08. The largest absolute Gasteiger partial charge is 0.378 e. The molecule has 1 aromatic carbocycles. The molecular formula is C39H94N30O. The Hall–Kier alpha value is -8.12. The molecule has 34 N–H and O–H groups in total. The molecule has 0 saturated carbocycles. The van der Waals surface area contributed by atoms with E-state index in [-0.39, 0.29) is 47.8 Å². The Kier molecular flexibility index (Phi) is 51.2. The van der Waals surface area contributed by atoms with Crippen LogP contribution in [0.5, 0.6) is 0 Å². The predicted molar refractivity (Wildman–Crippen MR) is 296 cm³/mol. The summed E-state index contributed by atoms with van der Waals surface area (Å²) in [6.45, 7) is 18.4. The van der Waals surface area contributed by atoms with Crippen molar-refractivity contribution in [2.24, 2.45) is 115 Å². The number of nitrogens with one attached hydrogen (secondary N) is 6. The first-order valence-corrected chi connectivity index (χ1v) is 21.4. The van der Waals surface area contributed by atoms with Gasteiger partial charge in [0.25, 0.3) is 0 Å². The van der Waals surface area contributed by atoms with Gasteiger partial charge in [-0.3, -0.25) is 46.2 Å². The molecule has 0 atom stereocenters. The van der Waals surface area contributed by atoms with Gasteiger partial charge >= 0.3 is 0 Å². The molecule has 1 saturated heterocycles. The van der Waals surface area contributed by atoms with Gasteiger partial charge in [-0.2, -0.15) is 0 Å². The Morgan fingerprint density at radius 2 is 1.19 bits per heavy atom. The maximum Gasteiger partial charge on any atom is 0.191 e. The monoisotopic (exact) mass is 999 g/mol. The summed E-state index contributed by atoms with van der Waals surface area (Å²) in [6.07, 6.45) is 0. The normalized spacial score (nSPS) is 12.7. The van der Waals surface area contributed by atoms with E-state index in [4.69, 9.17) is 89.8 Å². The van der Waals surface area contributed by atoms with E-state index in [1.54, 1.807) is 33.1 Å². The molecule has 0 radical (unpaired) electrons. The van der Waals surface area contributed by atoms with Gasteiger partial charge in [-0.05, 0) is 53.7 Å². The number of benzene rings is 1. The van der Waals surface area contributed by atoms with Gasteiger partial charge < -0.3 is 116 Å². The van der Waals surface area contributed by atoms with Crippen LogP contribution in [0.1, 0.15) is 41.5 Å². The molecule has 4 rings (SSSR count). The minimum Gasteiger partial charge on any atom is -0.378 e. The van der Waals surface area contributed by atoms with Crippen molar-refractivity contribution in [2.75, 3.05) is 94.8 Å². The zero-order valence-corrected chi connectivity index (χ0v) is 43.7. The van der Waals surface area contributed by atoms with Crippen molar-refractivity contribution in [2.45, 2.75) is 59.7 Å². The Morgan fingerprint density at radius 1 is 0.714 bits per heavy atom. The summed E-state index contributed by atoms with van der Waals surface area (Å²) >= 11 is 0. The fourth-order valence-corrected chi connectivity index (χ4v) is 3.44. The van der Waals surface area contributed by atoms with Crippen molar-refractivity contribution in [3.63, 3.8) is 0 Å². The highest BCUT2D eigenvalue weighted by Gasteiger charge is 2.10. The summed E-state index contributed by atoms with van der Waals surface area (Å²) in [5.74, 6) is 2.54. The number of morpholine rings is 1. The molecule has 70 heavy (non-hydrogen) atoms. The van der Waals surface area contributed by atoms with E-state index in [0.29, 0.717) is 43.1 Å². The lowest BCUT2D eigenvalue weighted by Crippen LogP contribution is -2.44. The maximum absolute atomic E-state index is 7.04. The number of rotatable bonds is 4. The second kappa shape index (κ2) is 48.8. The van der Waals surface area contributed by atoms with E-state index in [1.807, 2.05) is 83.8 Å². The molecule has 1 fully saturated rings. The third kappa shape index (κ3) is 68.9. The third-order valence-electron chi connectivity index (χ3n) is 6.64. The molecule has 0 spiro atoms. The number of guanidine groups is 10. The number of nitrogens with zero attached hydrogens (tertiary/aromatic N) is 10. The highest BCUT2D eigenvalue weighted by atomic mass is 16.5. The molecule has 0 aliphatic carbocycles. The smallest absolute Gasteiger partial charge is 0.191 e. The van der Waals surface area contributed by atoms with Crippen LogP contribution in [-0.4, -0.2) is 187 Å². The SMILES string of the molecule is CC(C)N=C(N)N.CC(C)N=C(N)NC(C)C.CN(C)C(=N)N.CN1CCN=C1N.CN=C(N)N.CN=C(N)NC.N=C(N)N.N=C(N)N1CCOCC1.NC(N)=Nc1ccccc1.NC1=NCCN1. The first-order chi connectivity index (χ1) is 32.4. The Morgan fingerprint density at radius 3 is 1.37 bits per heavy atom. The topological polar surface area (TPSA) is 577 Å². The van der Waals surface area contributed by atoms with Gasteiger partial charge in [0.1, 0.15) is 0 Å². The lowest BCUT2D eigenvalue weighted by atomic mass is 10.3. The van der Waals surface area contributed by atoms with Crippen LogP contribution in [0.15, 0.2) is 65.3 Å². The zero-order valence-electron chi connectivity index (χ0n) is 43.7. The van der Waals surface area contributed by atoms with Crippen LogP contribution in [0.2, 0.25) is 0 Å². The standard InChI is InChI=1S/C7H9N3.C7H17N3.C5H11N3O.C4H9N3.C4H11N3.C3H7N3.2C3H9N3.C2H7N3.CH5N3/c8-7(9)10-6-4-2-1-3-5-6;1-5(2)9-7(8)10-6(3)4;6-5(7)8-1-3-9-4-2-8;1-7-3-2-6-4(7)5;1-3(2)7-4(5)6;4-3-5-1-2-6-3;1-6(2)3(4)5;1-5-3(4)6-2;1-5-2(3)4;2-1(3)4/h1-5H,(H4,8,9,10);5-6H,1-4H3,(H3,8,9,10);1-4H2,(H3,6,7);2-3H2,1H3,(H2,5,6);3H,1-2H3,(H4,5,6,7);1-2H2,(H3,4,5,6);1-2H3,(H3,4,5);1-2H3,(H3,4,5,6);1H3,(H4,3,4,5);(H5,2,3,4). The molecule has 31 nitrogen and oxygen atoms in total. The number of nitrogens with two attached hydrogens (primary N) is 14. The summed E-state index contributed by atoms with van der Waals surface area (Å²) < 4.78 is 5.06. The molecular weight excluding hydrogens is 905 g/mol. The number of hydrogen-bond donors (Lipinski definition) is 20. The fourth-order valence-electron chi connectivity index (χ4n) is 3.44. The van der Waals surface area contributed by atoms with Gasteiger partial charge in [0.2, 0.25) is 0 Å². The van der Waals surface area contributed by atoms with Crippen LogP contribution in [0, 0.1) is 16.2 Å². The Bertz CT molecular complexity index is 1670. The summed E-state index contributed by atoms with van der Waals surface area (Å²) in [7, 11) is 10.3. The van der Waals surface area contributed by atoms with Crippen LogP contribution in [0.4, 0.5) is 5.69 Å². The van der Waals surface area contributed by atoms with Gasteiger partial charge in [0.15, 0.2) is 59.6 Å². The Labute approximate surface area is 416 Å². The average molecular weight is 999 g/mol. The molecule has 3 heterocycles. The zero-order chi connectivity index (χ0) is 55.8. The van der Waals surface area contributed by atoms with Crippen molar-refractivity contribution in [3.8, 4) is 0 Å². The second-order valence-electron chi connectivity index (χ2n) is 14.5. The fraction of sp³-hybridized carbons (Fsp3) is 0.590. The van der Waals surface area contributed by atoms with Crippen LogP contribution in [-0.2, 0) is 4.74 Å². The number of hydrogen-bond acceptors (Lipinski definition) is 15. The van der Waals surface area contributed by atoms with Gasteiger partial charge in [-0.25, -0.2) is 4.99 Å². The van der Waals surface area contributed by atoms with Gasteiger partial charge in [-0.15, -0.1) is 0 Å². The summed E-state index contributed by atoms with van der Waals surface area (Å²) in [6, 6.07) is 10.2. The maximum atomic E-state index is 7.04. The minimum atomic E-state index is -0.333. The van der Waals surface area contributed by atoms with E-state index in [1.165, 1.54) is 11.9 Å². The molecule has 3 aliphatic rings. The third-order valence-corrected chi connectivity index (χ3v) is 6.64. The molecule has 0 aromatic heterocycles. The first-order valence-electron chi connectivity index (χ1n) is 21.4. The molecule has 0 bridgehead atoms. The molecule has 0 amide bonds. The average Bonchev–Trinajstić information content (AvgIpc) is 3.90. The minimum absolute atomic E-state index is 0.0891. The van der Waals surface area contributed by atoms with E-state index < -0.39 is 0 Å². The lowest BCUT2D eigenvalue weighted by Gasteiger charge is -2.26. The van der Waals surface area contributed by atoms with Crippen LogP contribution in [0.25, 0.3) is 0 Å². The lowest BCUT2D eigenvalue weighted by molar-refractivity contribution is 0.0672. The number of ether oxygens (including phenoxy) is 1. The van der Waals surface area contributed by atoms with Gasteiger partial charge in [0.05, 0.1) is 32.0 Å². The van der Waals surface area contributed by atoms with E-state index in [0.717, 1.165) is 45.0 Å². The van der Waals surface area contributed by atoms with Crippen LogP contribution < -0.4 is 96.2 Å². The summed E-state index contributed by atoms with van der Waals surface area (Å²) in [5.41, 5.74) is 71.0. The highest BCUT2D eigenvalue weighted by molar-refractivity contribution is 5.80. The molecule has 0 unspecified atom stereocenters. The first kappa shape index (κ1) is 73.4. The van der Waals surface area contributed by atoms with E-state index >= 15 is 0 Å². The predicted octanol–water partition coefficient (Wildman–Crippen LogP) is -5.35. The van der Waals surface area contributed by atoms with Crippen LogP contribution in [0.3, 0.4) is 0 Å². The second-order valence-corrected chi connectivity index (χ2v) is 14.5.